The van der Waals surface area contributed by atoms with Gasteiger partial charge in [0.25, 0.3) is 11.8 Å². The molecular formula is C36H25N7Na2O9S2. The number of nitrogen functional groups attached to an aromatic ring is 1. The molecule has 5 aromatic carbocycles. The van der Waals surface area contributed by atoms with Crippen LogP contribution in [-0.2, 0) is 20.2 Å². The zero-order chi connectivity index (χ0) is 38.6. The smallest absolute Gasteiger partial charge is 0.744 e. The Morgan fingerprint density at radius 3 is 1.77 bits per heavy atom. The second-order valence-corrected chi connectivity index (χ2v) is 14.2. The third-order valence-electron chi connectivity index (χ3n) is 7.68. The van der Waals surface area contributed by atoms with Crippen LogP contribution >= 0.6 is 0 Å². The average Bonchev–Trinajstić information content (AvgIpc) is 3.13. The first-order valence-electron chi connectivity index (χ1n) is 15.5. The first-order chi connectivity index (χ1) is 25.6. The first-order valence-corrected chi connectivity index (χ1v) is 18.3. The molecule has 0 radical (unpaired) electrons. The number of rotatable bonds is 10. The summed E-state index contributed by atoms with van der Waals surface area (Å²) in [5.41, 5.74) is 10.1. The molecule has 0 bridgehead atoms. The summed E-state index contributed by atoms with van der Waals surface area (Å²) >= 11 is 0. The molecule has 0 saturated heterocycles. The van der Waals surface area contributed by atoms with E-state index in [0.717, 1.165) is 18.2 Å². The summed E-state index contributed by atoms with van der Waals surface area (Å²) in [5.74, 6) is -1.85. The van der Waals surface area contributed by atoms with E-state index in [1.165, 1.54) is 66.7 Å². The number of nitrogens with two attached hydrogens (primary N) is 1. The topological polar surface area (TPSA) is 265 Å². The second-order valence-electron chi connectivity index (χ2n) is 11.5. The Morgan fingerprint density at radius 2 is 1.18 bits per heavy atom. The van der Waals surface area contributed by atoms with Gasteiger partial charge in [-0.25, -0.2) is 16.8 Å². The number of amides is 2. The van der Waals surface area contributed by atoms with Crippen LogP contribution in [0.1, 0.15) is 36.6 Å². The quantitative estimate of drug-likeness (QED) is 0.0466. The maximum atomic E-state index is 13.4. The van der Waals surface area contributed by atoms with E-state index in [-0.39, 0.29) is 87.2 Å². The van der Waals surface area contributed by atoms with Crippen molar-refractivity contribution in [3.63, 3.8) is 0 Å². The minimum absolute atomic E-state index is 0. The summed E-state index contributed by atoms with van der Waals surface area (Å²) in [6, 6.07) is 27.3. The molecule has 0 unspecified atom stereocenters. The maximum Gasteiger partial charge on any atom is 1.00 e. The Hall–Kier alpha value is -4.86. The van der Waals surface area contributed by atoms with E-state index in [9.17, 15) is 40.3 Å². The second kappa shape index (κ2) is 18.4. The molecule has 0 heterocycles. The van der Waals surface area contributed by atoms with Crippen molar-refractivity contribution in [1.29, 1.82) is 0 Å². The summed E-state index contributed by atoms with van der Waals surface area (Å²) < 4.78 is 70.1. The molecule has 0 spiro atoms. The van der Waals surface area contributed by atoms with Gasteiger partial charge in [-0.2, -0.15) is 15.3 Å². The van der Waals surface area contributed by atoms with E-state index >= 15 is 0 Å². The number of anilines is 4. The van der Waals surface area contributed by atoms with Crippen LogP contribution in [0.15, 0.2) is 140 Å². The molecule has 1 aliphatic rings. The van der Waals surface area contributed by atoms with E-state index < -0.39 is 53.3 Å². The molecule has 16 nitrogen and oxygen atoms in total. The number of hydrogen-bond acceptors (Lipinski definition) is 14. The fourth-order valence-corrected chi connectivity index (χ4v) is 6.13. The third-order valence-corrected chi connectivity index (χ3v) is 9.38. The summed E-state index contributed by atoms with van der Waals surface area (Å²) in [6.45, 7) is 0. The van der Waals surface area contributed by atoms with Gasteiger partial charge in [0.05, 0.1) is 26.9 Å². The van der Waals surface area contributed by atoms with Crippen LogP contribution < -0.4 is 80.9 Å². The van der Waals surface area contributed by atoms with Gasteiger partial charge in [-0.15, -0.1) is 0 Å². The summed E-state index contributed by atoms with van der Waals surface area (Å²) in [4.78, 5) is 37.9. The Labute approximate surface area is 364 Å². The Balaban J connectivity index is 0.00000348. The predicted octanol–water partition coefficient (Wildman–Crippen LogP) is -0.349. The minimum atomic E-state index is -5.21. The zero-order valence-corrected chi connectivity index (χ0v) is 35.1. The number of nitrogens with zero attached hydrogens (tertiary/aromatic N) is 3. The number of Topliss-reactive ketones (excluding diaryl/α,β-unsaturated/α-hetero) is 1. The minimum Gasteiger partial charge on any atom is -0.744 e. The van der Waals surface area contributed by atoms with E-state index in [2.05, 4.69) is 31.4 Å². The molecule has 0 aliphatic heterocycles. The van der Waals surface area contributed by atoms with Gasteiger partial charge >= 0.3 is 59.1 Å². The van der Waals surface area contributed by atoms with Crippen LogP contribution in [0.5, 0.6) is 0 Å². The summed E-state index contributed by atoms with van der Waals surface area (Å²) in [5, 5.41) is 17.3. The number of allylic oxidation sites excluding steroid dienone is 1. The van der Waals surface area contributed by atoms with Crippen LogP contribution in [0.4, 0.5) is 34.1 Å². The number of carbonyl (C=O) groups is 3. The van der Waals surface area contributed by atoms with Crippen molar-refractivity contribution in [3.05, 3.63) is 142 Å². The van der Waals surface area contributed by atoms with Gasteiger partial charge in [0, 0.05) is 33.8 Å². The molecule has 56 heavy (non-hydrogen) atoms. The molecule has 20 heteroatoms. The van der Waals surface area contributed by atoms with Crippen LogP contribution in [0, 0.1) is 0 Å². The van der Waals surface area contributed by atoms with Crippen molar-refractivity contribution in [2.24, 2.45) is 15.3 Å². The number of nitrogens with one attached hydrogen (secondary N) is 3. The SMILES string of the molecule is Nc1ccc(C(=O)Nc2cccc(C(=O)Nc3ccc4c(c3)C=C(S(=O)(=O)[O-])/C(=N/Nc3ccc(N=Nc5ccc(S(=O)(=O)[O-])cc5)cc3)C4=O)c2)cc1.[Na+].[Na+]. The van der Waals surface area contributed by atoms with Gasteiger partial charge in [-0.05, 0) is 121 Å². The van der Waals surface area contributed by atoms with Crippen molar-refractivity contribution in [1.82, 2.24) is 0 Å². The summed E-state index contributed by atoms with van der Waals surface area (Å²) in [7, 11) is -9.81. The number of fused-ring (bicyclic) bond motifs is 1. The Bertz CT molecular complexity index is 2640. The fourth-order valence-electron chi connectivity index (χ4n) is 5.01. The van der Waals surface area contributed by atoms with E-state index in [1.54, 1.807) is 36.4 Å². The monoisotopic (exact) mass is 809 g/mol. The van der Waals surface area contributed by atoms with Crippen molar-refractivity contribution in [3.8, 4) is 0 Å². The molecule has 0 fully saturated rings. The molecular weight excluding hydrogens is 785 g/mol. The molecule has 5 aromatic rings. The summed E-state index contributed by atoms with van der Waals surface area (Å²) in [6.07, 6.45) is 0.991. The number of carbonyl (C=O) groups excluding carboxylic acids is 3. The zero-order valence-electron chi connectivity index (χ0n) is 29.5. The maximum absolute atomic E-state index is 13.4. The van der Waals surface area contributed by atoms with Crippen molar-refractivity contribution in [2.75, 3.05) is 21.8 Å². The van der Waals surface area contributed by atoms with Crippen LogP contribution in [0.2, 0.25) is 0 Å². The van der Waals surface area contributed by atoms with Crippen molar-refractivity contribution >= 4 is 83.7 Å². The molecule has 0 atom stereocenters. The molecule has 6 rings (SSSR count). The Morgan fingerprint density at radius 1 is 0.625 bits per heavy atom. The first kappa shape index (κ1) is 43.9. The van der Waals surface area contributed by atoms with Gasteiger partial charge in [0.1, 0.15) is 25.9 Å². The van der Waals surface area contributed by atoms with Crippen LogP contribution in [-0.4, -0.2) is 49.3 Å². The van der Waals surface area contributed by atoms with Gasteiger partial charge in [0.2, 0.25) is 5.78 Å². The number of azo groups is 1. The Kier molecular flexibility index (Phi) is 14.4. The fraction of sp³-hybridized carbons (Fsp3) is 0. The van der Waals surface area contributed by atoms with Gasteiger partial charge < -0.3 is 25.5 Å². The van der Waals surface area contributed by atoms with Crippen molar-refractivity contribution < 1.29 is 99.4 Å². The van der Waals surface area contributed by atoms with E-state index in [4.69, 9.17) is 5.73 Å². The number of ketones is 1. The molecule has 1 aliphatic carbocycles. The molecule has 272 valence electrons. The average molecular weight is 810 g/mol. The van der Waals surface area contributed by atoms with Gasteiger partial charge in [-0.1, -0.05) is 6.07 Å². The number of hydrogen-bond donors (Lipinski definition) is 4. The van der Waals surface area contributed by atoms with Gasteiger partial charge in [-0.3, -0.25) is 19.8 Å². The van der Waals surface area contributed by atoms with E-state index in [1.807, 2.05) is 0 Å². The van der Waals surface area contributed by atoms with E-state index in [0.29, 0.717) is 28.3 Å². The predicted molar refractivity (Wildman–Crippen MR) is 198 cm³/mol. The molecule has 2 amide bonds. The normalized spacial score (nSPS) is 13.1. The number of hydrazone groups is 1. The van der Waals surface area contributed by atoms with Gasteiger partial charge in [0.15, 0.2) is 0 Å². The third kappa shape index (κ3) is 10.9. The van der Waals surface area contributed by atoms with Crippen molar-refractivity contribution in [2.45, 2.75) is 4.90 Å². The molecule has 0 saturated carbocycles. The standard InChI is InChI=1S/C36H27N7O9S2.2Na/c37-24-6-4-21(5-7-24)35(45)38-28-3-1-2-22(18-28)36(46)39-29-14-17-31-23(19-29)20-32(54(50,51)52)33(34(31)44)43-42-26-10-8-25(9-11-26)40-41-27-12-15-30(16-13-27)53(47,48)49;;/h1-20,42H,37H2,(H,38,45)(H,39,46)(H,47,48,49)(H,50,51,52);;/q;2*+1/p-2/b41-40?,43-33-;;. The molecule has 5 N–H and O–H groups in total. The van der Waals surface area contributed by atoms with Crippen LogP contribution in [0.25, 0.3) is 6.08 Å². The number of benzene rings is 5. The van der Waals surface area contributed by atoms with Crippen LogP contribution in [0.3, 0.4) is 0 Å². The largest absolute Gasteiger partial charge is 1.00 e. The molecule has 0 aromatic heterocycles.